The Bertz CT molecular complexity index is 836. The topological polar surface area (TPSA) is 80.1 Å². The molecule has 1 aromatic heterocycles. The fourth-order valence-corrected chi connectivity index (χ4v) is 3.66. The molecule has 9 heteroatoms. The summed E-state index contributed by atoms with van der Waals surface area (Å²) in [7, 11) is 0. The number of nitrogens with zero attached hydrogens (tertiary/aromatic N) is 4. The Kier molecular flexibility index (Phi) is 4.16. The fourth-order valence-electron chi connectivity index (χ4n) is 2.78. The number of carbonyl (C=O) groups excluding carboxylic acids is 2. The van der Waals surface area contributed by atoms with Crippen LogP contribution in [0.4, 0.5) is 9.18 Å². The average Bonchev–Trinajstić information content (AvgIpc) is 3.21. The molecular weight excluding hydrogens is 345 g/mol. The molecule has 1 aliphatic heterocycles. The van der Waals surface area contributed by atoms with Gasteiger partial charge in [-0.05, 0) is 25.0 Å². The van der Waals surface area contributed by atoms with E-state index in [-0.39, 0.29) is 29.6 Å². The molecule has 1 N–H and O–H groups in total. The van der Waals surface area contributed by atoms with Gasteiger partial charge in [-0.25, -0.2) is 9.18 Å². The second kappa shape index (κ2) is 6.47. The van der Waals surface area contributed by atoms with Crippen molar-refractivity contribution in [2.75, 3.05) is 18.8 Å². The minimum atomic E-state index is -0.360. The number of rotatable bonds is 5. The normalized spacial score (nSPS) is 17.0. The van der Waals surface area contributed by atoms with Gasteiger partial charge in [0.1, 0.15) is 5.82 Å². The van der Waals surface area contributed by atoms with Gasteiger partial charge in [0.05, 0.1) is 11.3 Å². The Morgan fingerprint density at radius 2 is 2.12 bits per heavy atom. The highest BCUT2D eigenvalue weighted by atomic mass is 32.2. The van der Waals surface area contributed by atoms with Gasteiger partial charge in [0.2, 0.25) is 5.91 Å². The number of nitrogens with one attached hydrogen (secondary N) is 1. The van der Waals surface area contributed by atoms with Crippen molar-refractivity contribution in [1.82, 2.24) is 25.0 Å². The number of benzene rings is 1. The van der Waals surface area contributed by atoms with Crippen molar-refractivity contribution < 1.29 is 14.0 Å². The summed E-state index contributed by atoms with van der Waals surface area (Å²) in [4.78, 5) is 24.9. The van der Waals surface area contributed by atoms with Gasteiger partial charge in [-0.1, -0.05) is 23.9 Å². The summed E-state index contributed by atoms with van der Waals surface area (Å²) in [6.45, 7) is 0.860. The van der Waals surface area contributed by atoms with Gasteiger partial charge in [0.25, 0.3) is 0 Å². The van der Waals surface area contributed by atoms with E-state index in [0.717, 1.165) is 12.8 Å². The Morgan fingerprint density at radius 1 is 1.32 bits per heavy atom. The van der Waals surface area contributed by atoms with Crippen molar-refractivity contribution in [2.45, 2.75) is 24.0 Å². The van der Waals surface area contributed by atoms with E-state index >= 15 is 0 Å². The van der Waals surface area contributed by atoms with Crippen LogP contribution in [0.3, 0.4) is 0 Å². The molecule has 0 unspecified atom stereocenters. The molecular formula is C16H16FN5O2S. The zero-order valence-corrected chi connectivity index (χ0v) is 14.1. The van der Waals surface area contributed by atoms with Crippen LogP contribution < -0.4 is 5.32 Å². The standard InChI is InChI=1S/C16H16FN5O2S/c17-12-4-2-1-3-11(12)14-19-20-16(22(14)10-5-6-10)25-9-13(23)21-8-7-18-15(21)24/h1-4,10H,5-9H2,(H,18,24). The van der Waals surface area contributed by atoms with Gasteiger partial charge < -0.3 is 5.32 Å². The van der Waals surface area contributed by atoms with E-state index in [2.05, 4.69) is 15.5 Å². The monoisotopic (exact) mass is 361 g/mol. The first-order valence-electron chi connectivity index (χ1n) is 8.06. The maximum atomic E-state index is 14.1. The van der Waals surface area contributed by atoms with Crippen molar-refractivity contribution in [3.63, 3.8) is 0 Å². The number of hydrogen-bond donors (Lipinski definition) is 1. The summed E-state index contributed by atoms with van der Waals surface area (Å²) in [5.74, 6) is -0.0411. The van der Waals surface area contributed by atoms with Crippen molar-refractivity contribution in [2.24, 2.45) is 0 Å². The van der Waals surface area contributed by atoms with Crippen molar-refractivity contribution in [3.05, 3.63) is 30.1 Å². The predicted molar refractivity (Wildman–Crippen MR) is 89.5 cm³/mol. The van der Waals surface area contributed by atoms with Crippen LogP contribution in [-0.4, -0.2) is 50.4 Å². The van der Waals surface area contributed by atoms with Crippen LogP contribution in [0.5, 0.6) is 0 Å². The van der Waals surface area contributed by atoms with Crippen molar-refractivity contribution >= 4 is 23.7 Å². The van der Waals surface area contributed by atoms with Gasteiger partial charge in [0, 0.05) is 19.1 Å². The number of imide groups is 1. The molecule has 1 aromatic carbocycles. The molecule has 0 spiro atoms. The van der Waals surface area contributed by atoms with Crippen LogP contribution in [0.2, 0.25) is 0 Å². The maximum Gasteiger partial charge on any atom is 0.324 e. The second-order valence-corrected chi connectivity index (χ2v) is 6.90. The molecule has 4 rings (SSSR count). The number of aromatic nitrogens is 3. The number of thioether (sulfide) groups is 1. The Hall–Kier alpha value is -2.42. The first-order chi connectivity index (χ1) is 12.1. The smallest absolute Gasteiger partial charge is 0.324 e. The zero-order valence-electron chi connectivity index (χ0n) is 13.3. The van der Waals surface area contributed by atoms with E-state index in [1.807, 2.05) is 4.57 Å². The zero-order chi connectivity index (χ0) is 17.4. The number of halogens is 1. The Labute approximate surface area is 147 Å². The van der Waals surface area contributed by atoms with Crippen LogP contribution in [-0.2, 0) is 4.79 Å². The predicted octanol–water partition coefficient (Wildman–Crippen LogP) is 2.06. The molecule has 2 aliphatic rings. The fraction of sp³-hybridized carbons (Fsp3) is 0.375. The molecule has 2 heterocycles. The minimum absolute atomic E-state index is 0.0928. The lowest BCUT2D eigenvalue weighted by atomic mass is 10.2. The van der Waals surface area contributed by atoms with E-state index in [1.165, 1.54) is 22.7 Å². The molecule has 3 amide bonds. The molecule has 7 nitrogen and oxygen atoms in total. The molecule has 1 aliphatic carbocycles. The van der Waals surface area contributed by atoms with Gasteiger partial charge in [-0.3, -0.25) is 14.3 Å². The van der Waals surface area contributed by atoms with E-state index in [0.29, 0.717) is 29.6 Å². The van der Waals surface area contributed by atoms with Gasteiger partial charge in [-0.2, -0.15) is 0 Å². The summed E-state index contributed by atoms with van der Waals surface area (Å²) >= 11 is 1.23. The van der Waals surface area contributed by atoms with Crippen LogP contribution in [0.15, 0.2) is 29.4 Å². The van der Waals surface area contributed by atoms with E-state index < -0.39 is 0 Å². The number of hydrogen-bond acceptors (Lipinski definition) is 5. The highest BCUT2D eigenvalue weighted by Crippen LogP contribution is 2.41. The maximum absolute atomic E-state index is 14.1. The summed E-state index contributed by atoms with van der Waals surface area (Å²) in [5.41, 5.74) is 0.402. The van der Waals surface area contributed by atoms with Crippen molar-refractivity contribution in [1.29, 1.82) is 0 Å². The van der Waals surface area contributed by atoms with E-state index in [1.54, 1.807) is 18.2 Å². The van der Waals surface area contributed by atoms with E-state index in [4.69, 9.17) is 0 Å². The SMILES string of the molecule is O=C(CSc1nnc(-c2ccccc2F)n1C1CC1)N1CCNC1=O. The van der Waals surface area contributed by atoms with Crippen molar-refractivity contribution in [3.8, 4) is 11.4 Å². The second-order valence-electron chi connectivity index (χ2n) is 5.95. The minimum Gasteiger partial charge on any atom is -0.336 e. The van der Waals surface area contributed by atoms with Crippen LogP contribution in [0, 0.1) is 5.82 Å². The lowest BCUT2D eigenvalue weighted by Crippen LogP contribution is -2.35. The third kappa shape index (κ3) is 3.11. The third-order valence-corrected chi connectivity index (χ3v) is 5.10. The molecule has 25 heavy (non-hydrogen) atoms. The molecule has 0 radical (unpaired) electrons. The molecule has 2 fully saturated rings. The van der Waals surface area contributed by atoms with Gasteiger partial charge in [-0.15, -0.1) is 10.2 Å². The number of carbonyl (C=O) groups is 2. The lowest BCUT2D eigenvalue weighted by Gasteiger charge is -2.12. The first-order valence-corrected chi connectivity index (χ1v) is 9.04. The molecule has 1 saturated carbocycles. The van der Waals surface area contributed by atoms with E-state index in [9.17, 15) is 14.0 Å². The molecule has 1 saturated heterocycles. The molecule has 0 bridgehead atoms. The number of amides is 3. The third-order valence-electron chi connectivity index (χ3n) is 4.17. The summed E-state index contributed by atoms with van der Waals surface area (Å²) in [6.07, 6.45) is 1.96. The van der Waals surface area contributed by atoms with Gasteiger partial charge >= 0.3 is 6.03 Å². The van der Waals surface area contributed by atoms with Gasteiger partial charge in [0.15, 0.2) is 11.0 Å². The largest absolute Gasteiger partial charge is 0.336 e. The summed E-state index contributed by atoms with van der Waals surface area (Å²) in [5, 5.41) is 11.5. The highest BCUT2D eigenvalue weighted by Gasteiger charge is 2.32. The molecule has 0 atom stereocenters. The molecule has 130 valence electrons. The Morgan fingerprint density at radius 3 is 2.80 bits per heavy atom. The first kappa shape index (κ1) is 16.1. The quantitative estimate of drug-likeness (QED) is 0.825. The van der Waals surface area contributed by atoms with Crippen LogP contribution >= 0.6 is 11.8 Å². The molecule has 2 aromatic rings. The summed E-state index contributed by atoms with van der Waals surface area (Å²) < 4.78 is 16.0. The summed E-state index contributed by atoms with van der Waals surface area (Å²) in [6, 6.07) is 6.33. The highest BCUT2D eigenvalue weighted by molar-refractivity contribution is 7.99. The lowest BCUT2D eigenvalue weighted by molar-refractivity contribution is -0.124. The van der Waals surface area contributed by atoms with Crippen LogP contribution in [0.1, 0.15) is 18.9 Å². The average molecular weight is 361 g/mol. The van der Waals surface area contributed by atoms with Crippen LogP contribution in [0.25, 0.3) is 11.4 Å². The number of urea groups is 1. The Balaban J connectivity index is 1.56.